The van der Waals surface area contributed by atoms with Crippen molar-refractivity contribution in [1.82, 2.24) is 9.66 Å². The number of nitrogens with one attached hydrogen (secondary N) is 1. The van der Waals surface area contributed by atoms with Crippen LogP contribution in [0.1, 0.15) is 0 Å². The summed E-state index contributed by atoms with van der Waals surface area (Å²) in [6.07, 6.45) is 4.59. The Bertz CT molecular complexity index is 125. The van der Waals surface area contributed by atoms with E-state index in [1.165, 1.54) is 11.0 Å². The molecule has 1 rings (SSSR count). The smallest absolute Gasteiger partial charge is 0.116 e. The molecule has 0 aromatic carbocycles. The van der Waals surface area contributed by atoms with E-state index in [-0.39, 0.29) is 0 Å². The summed E-state index contributed by atoms with van der Waals surface area (Å²) in [5, 5.41) is 8.10. The molecule has 7 heavy (non-hydrogen) atoms. The summed E-state index contributed by atoms with van der Waals surface area (Å²) in [7, 11) is 0. The number of hydrogen-bond acceptors (Lipinski definition) is 3. The van der Waals surface area contributed by atoms with Gasteiger partial charge in [0.2, 0.25) is 0 Å². The molecule has 0 spiro atoms. The molecular weight excluding hydrogens is 94.1 g/mol. The first-order valence-corrected chi connectivity index (χ1v) is 1.81. The highest BCUT2D eigenvalue weighted by molar-refractivity contribution is 4.74. The zero-order chi connectivity index (χ0) is 5.11. The first-order valence-electron chi connectivity index (χ1n) is 1.81. The van der Waals surface area contributed by atoms with Crippen LogP contribution in [0.5, 0.6) is 0 Å². The number of imidazole rings is 1. The third-order valence-electron chi connectivity index (χ3n) is 0.620. The van der Waals surface area contributed by atoms with Gasteiger partial charge in [0.25, 0.3) is 0 Å². The predicted molar refractivity (Wildman–Crippen MR) is 23.4 cm³/mol. The maximum absolute atomic E-state index is 8.10. The fourth-order valence-electron chi connectivity index (χ4n) is 0.318. The van der Waals surface area contributed by atoms with Crippen molar-refractivity contribution >= 4 is 0 Å². The summed E-state index contributed by atoms with van der Waals surface area (Å²) in [6, 6.07) is 0. The van der Waals surface area contributed by atoms with Gasteiger partial charge in [0.1, 0.15) is 6.33 Å². The van der Waals surface area contributed by atoms with Crippen molar-refractivity contribution in [3.8, 4) is 0 Å². The van der Waals surface area contributed by atoms with Gasteiger partial charge in [0.05, 0.1) is 0 Å². The first-order chi connectivity index (χ1) is 3.43. The minimum absolute atomic E-state index is 1.32. The van der Waals surface area contributed by atoms with E-state index in [0.29, 0.717) is 0 Å². The highest BCUT2D eigenvalue weighted by Gasteiger charge is 1.76. The van der Waals surface area contributed by atoms with Crippen LogP contribution in [-0.4, -0.2) is 14.9 Å². The van der Waals surface area contributed by atoms with E-state index >= 15 is 0 Å². The second kappa shape index (κ2) is 1.61. The van der Waals surface area contributed by atoms with Gasteiger partial charge < -0.3 is 0 Å². The van der Waals surface area contributed by atoms with Gasteiger partial charge >= 0.3 is 0 Å². The third-order valence-corrected chi connectivity index (χ3v) is 0.620. The molecule has 0 atom stereocenters. The van der Waals surface area contributed by atoms with Crippen LogP contribution in [0.4, 0.5) is 0 Å². The molecule has 0 fully saturated rings. The van der Waals surface area contributed by atoms with Crippen LogP contribution in [0, 0.1) is 0 Å². The summed E-state index contributed by atoms with van der Waals surface area (Å²) < 4.78 is 1.32. The van der Waals surface area contributed by atoms with Crippen LogP contribution < -0.4 is 5.59 Å². The molecule has 0 radical (unpaired) electrons. The van der Waals surface area contributed by atoms with Crippen LogP contribution in [0.15, 0.2) is 18.7 Å². The Morgan fingerprint density at radius 1 is 1.71 bits per heavy atom. The van der Waals surface area contributed by atoms with Crippen molar-refractivity contribution in [2.75, 3.05) is 5.59 Å². The normalized spacial score (nSPS) is 8.71. The van der Waals surface area contributed by atoms with Crippen LogP contribution in [0.2, 0.25) is 0 Å². The molecule has 1 heterocycles. The van der Waals surface area contributed by atoms with E-state index in [1.807, 2.05) is 5.59 Å². The Balaban J connectivity index is 2.76. The molecule has 0 bridgehead atoms. The van der Waals surface area contributed by atoms with Gasteiger partial charge in [-0.1, -0.05) is 0 Å². The largest absolute Gasteiger partial charge is 0.275 e. The van der Waals surface area contributed by atoms with Crippen LogP contribution in [0.3, 0.4) is 0 Å². The van der Waals surface area contributed by atoms with Crippen LogP contribution in [0.25, 0.3) is 0 Å². The predicted octanol–water partition coefficient (Wildman–Crippen LogP) is -0.184. The molecule has 4 nitrogen and oxygen atoms in total. The molecule has 0 aliphatic carbocycles. The molecule has 0 aliphatic heterocycles. The molecule has 0 saturated heterocycles. The summed E-state index contributed by atoms with van der Waals surface area (Å²) in [5.74, 6) is 0. The second-order valence-corrected chi connectivity index (χ2v) is 1.07. The fraction of sp³-hybridized carbons (Fsp3) is 0. The van der Waals surface area contributed by atoms with E-state index in [1.54, 1.807) is 12.4 Å². The van der Waals surface area contributed by atoms with Gasteiger partial charge in [0.15, 0.2) is 0 Å². The number of hydrogen-bond donors (Lipinski definition) is 2. The van der Waals surface area contributed by atoms with Crippen molar-refractivity contribution in [1.29, 1.82) is 0 Å². The Hall–Kier alpha value is -1.03. The average Bonchev–Trinajstić information content (AvgIpc) is 2.14. The Morgan fingerprint density at radius 2 is 2.57 bits per heavy atom. The van der Waals surface area contributed by atoms with Gasteiger partial charge in [-0.05, 0) is 0 Å². The van der Waals surface area contributed by atoms with Gasteiger partial charge in [-0.15, -0.1) is 0 Å². The SMILES string of the molecule is ONn1ccnc1. The molecule has 0 saturated carbocycles. The molecule has 4 heteroatoms. The summed E-state index contributed by atoms with van der Waals surface area (Å²) in [5.41, 5.74) is 1.86. The topological polar surface area (TPSA) is 50.1 Å². The maximum atomic E-state index is 8.10. The molecule has 2 N–H and O–H groups in total. The third kappa shape index (κ3) is 0.690. The van der Waals surface area contributed by atoms with Gasteiger partial charge in [-0.25, -0.2) is 15.2 Å². The van der Waals surface area contributed by atoms with Crippen molar-refractivity contribution in [3.63, 3.8) is 0 Å². The van der Waals surface area contributed by atoms with Crippen LogP contribution >= 0.6 is 0 Å². The molecule has 38 valence electrons. The minimum Gasteiger partial charge on any atom is -0.275 e. The van der Waals surface area contributed by atoms with Crippen molar-refractivity contribution in [2.45, 2.75) is 0 Å². The Morgan fingerprint density at radius 3 is 2.86 bits per heavy atom. The average molecular weight is 99.1 g/mol. The van der Waals surface area contributed by atoms with Crippen molar-refractivity contribution in [3.05, 3.63) is 18.7 Å². The lowest BCUT2D eigenvalue weighted by molar-refractivity contribution is 0.318. The van der Waals surface area contributed by atoms with E-state index in [4.69, 9.17) is 5.21 Å². The molecule has 0 aliphatic rings. The van der Waals surface area contributed by atoms with Crippen molar-refractivity contribution < 1.29 is 5.21 Å². The standard InChI is InChI=1S/C3H5N3O/c7-5-6-2-1-4-3-6/h1-3,5,7H. The van der Waals surface area contributed by atoms with Gasteiger partial charge in [0, 0.05) is 12.4 Å². The lowest BCUT2D eigenvalue weighted by atomic mass is 11.0. The lowest BCUT2D eigenvalue weighted by Gasteiger charge is -1.91. The van der Waals surface area contributed by atoms with Crippen molar-refractivity contribution in [2.24, 2.45) is 0 Å². The molecule has 1 aromatic rings. The maximum Gasteiger partial charge on any atom is 0.116 e. The summed E-state index contributed by atoms with van der Waals surface area (Å²) in [4.78, 5) is 3.63. The molecule has 0 unspecified atom stereocenters. The molecule has 1 aromatic heterocycles. The molecular formula is C3H5N3O. The number of nitrogens with zero attached hydrogens (tertiary/aromatic N) is 2. The first kappa shape index (κ1) is 4.14. The van der Waals surface area contributed by atoms with E-state index in [9.17, 15) is 0 Å². The van der Waals surface area contributed by atoms with Gasteiger partial charge in [-0.3, -0.25) is 5.21 Å². The Labute approximate surface area is 40.3 Å². The zero-order valence-electron chi connectivity index (χ0n) is 3.57. The quantitative estimate of drug-likeness (QED) is 0.480. The monoisotopic (exact) mass is 99.0 g/mol. The van der Waals surface area contributed by atoms with E-state index in [2.05, 4.69) is 4.98 Å². The molecule has 0 amide bonds. The number of rotatable bonds is 1. The summed E-state index contributed by atoms with van der Waals surface area (Å²) in [6.45, 7) is 0. The van der Waals surface area contributed by atoms with Crippen LogP contribution in [-0.2, 0) is 0 Å². The fourth-order valence-corrected chi connectivity index (χ4v) is 0.318. The highest BCUT2D eigenvalue weighted by Crippen LogP contribution is 1.74. The number of aromatic nitrogens is 2. The minimum atomic E-state index is 1.32. The lowest BCUT2D eigenvalue weighted by Crippen LogP contribution is -2.05. The van der Waals surface area contributed by atoms with E-state index in [0.717, 1.165) is 0 Å². The highest BCUT2D eigenvalue weighted by atomic mass is 16.5. The van der Waals surface area contributed by atoms with E-state index < -0.39 is 0 Å². The second-order valence-electron chi connectivity index (χ2n) is 1.07. The Kier molecular flexibility index (Phi) is 0.953. The van der Waals surface area contributed by atoms with Gasteiger partial charge in [-0.2, -0.15) is 0 Å². The zero-order valence-corrected chi connectivity index (χ0v) is 3.57. The summed E-state index contributed by atoms with van der Waals surface area (Å²) >= 11 is 0.